The Morgan fingerprint density at radius 2 is 1.77 bits per heavy atom. The average molecular weight is 394 g/mol. The van der Waals surface area contributed by atoms with Crippen LogP contribution in [0.3, 0.4) is 0 Å². The summed E-state index contributed by atoms with van der Waals surface area (Å²) in [4.78, 5) is 16.4. The minimum atomic E-state index is -0.484. The van der Waals surface area contributed by atoms with Gasteiger partial charge < -0.3 is 10.1 Å². The SMILES string of the molecule is O=C(NCC#Cc1cnc2cccnn12)OCC1c2ccccc2-c2ccccc21. The highest BCUT2D eigenvalue weighted by Crippen LogP contribution is 2.44. The molecule has 30 heavy (non-hydrogen) atoms. The fourth-order valence-corrected chi connectivity index (χ4v) is 3.82. The van der Waals surface area contributed by atoms with Gasteiger partial charge in [-0.1, -0.05) is 54.5 Å². The van der Waals surface area contributed by atoms with Crippen LogP contribution in [0.5, 0.6) is 0 Å². The largest absolute Gasteiger partial charge is 0.449 e. The van der Waals surface area contributed by atoms with Crippen LogP contribution in [0, 0.1) is 11.8 Å². The number of nitrogens with one attached hydrogen (secondary N) is 1. The number of nitrogens with zero attached hydrogens (tertiary/aromatic N) is 3. The highest BCUT2D eigenvalue weighted by atomic mass is 16.5. The fraction of sp³-hybridized carbons (Fsp3) is 0.125. The first-order valence-electron chi connectivity index (χ1n) is 9.68. The van der Waals surface area contributed by atoms with Crippen LogP contribution in [-0.4, -0.2) is 33.8 Å². The molecule has 146 valence electrons. The number of alkyl carbamates (subject to hydrolysis) is 1. The van der Waals surface area contributed by atoms with Crippen LogP contribution in [0.1, 0.15) is 22.7 Å². The van der Waals surface area contributed by atoms with E-state index >= 15 is 0 Å². The highest BCUT2D eigenvalue weighted by molar-refractivity contribution is 5.79. The number of amides is 1. The van der Waals surface area contributed by atoms with Gasteiger partial charge >= 0.3 is 6.09 Å². The number of ether oxygens (including phenoxy) is 1. The Labute approximate surface area is 173 Å². The molecule has 5 rings (SSSR count). The minimum absolute atomic E-state index is 0.0402. The number of benzene rings is 2. The Hall–Kier alpha value is -4.11. The molecule has 0 bridgehead atoms. The zero-order valence-corrected chi connectivity index (χ0v) is 16.1. The van der Waals surface area contributed by atoms with E-state index in [1.165, 1.54) is 22.3 Å². The molecule has 4 aromatic rings. The average Bonchev–Trinajstić information content (AvgIpc) is 3.34. The van der Waals surface area contributed by atoms with Gasteiger partial charge in [0.1, 0.15) is 12.3 Å². The maximum Gasteiger partial charge on any atom is 0.407 e. The molecule has 6 nitrogen and oxygen atoms in total. The molecule has 0 fully saturated rings. The zero-order chi connectivity index (χ0) is 20.3. The van der Waals surface area contributed by atoms with E-state index in [2.05, 4.69) is 51.5 Å². The lowest BCUT2D eigenvalue weighted by atomic mass is 9.98. The topological polar surface area (TPSA) is 68.5 Å². The third kappa shape index (κ3) is 3.27. The standard InChI is InChI=1S/C24H18N4O2/c29-24(25-13-5-7-17-15-26-23-12-6-14-27-28(17)23)30-16-22-20-10-3-1-8-18(20)19-9-2-4-11-21(19)22/h1-4,6,8-12,14-15,22H,13,16H2,(H,25,29). The van der Waals surface area contributed by atoms with Gasteiger partial charge in [-0.25, -0.2) is 14.3 Å². The second kappa shape index (κ2) is 7.72. The predicted molar refractivity (Wildman–Crippen MR) is 113 cm³/mol. The number of rotatable bonds is 3. The molecule has 2 aromatic carbocycles. The molecular formula is C24H18N4O2. The van der Waals surface area contributed by atoms with E-state index in [0.717, 1.165) is 5.65 Å². The second-order valence-corrected chi connectivity index (χ2v) is 6.92. The molecule has 1 N–H and O–H groups in total. The Morgan fingerprint density at radius 1 is 1.03 bits per heavy atom. The van der Waals surface area contributed by atoms with Crippen LogP contribution >= 0.6 is 0 Å². The van der Waals surface area contributed by atoms with Crippen molar-refractivity contribution in [2.75, 3.05) is 13.2 Å². The van der Waals surface area contributed by atoms with Crippen molar-refractivity contribution in [1.29, 1.82) is 0 Å². The van der Waals surface area contributed by atoms with E-state index in [1.54, 1.807) is 16.9 Å². The first-order valence-corrected chi connectivity index (χ1v) is 9.68. The molecule has 0 unspecified atom stereocenters. The van der Waals surface area contributed by atoms with Crippen LogP contribution in [0.25, 0.3) is 16.8 Å². The van der Waals surface area contributed by atoms with Gasteiger partial charge in [-0.2, -0.15) is 5.10 Å². The number of aromatic nitrogens is 3. The summed E-state index contributed by atoms with van der Waals surface area (Å²) in [5.74, 6) is 5.91. The smallest absolute Gasteiger partial charge is 0.407 e. The second-order valence-electron chi connectivity index (χ2n) is 6.92. The van der Waals surface area contributed by atoms with E-state index < -0.39 is 6.09 Å². The maximum atomic E-state index is 12.2. The fourth-order valence-electron chi connectivity index (χ4n) is 3.82. The van der Waals surface area contributed by atoms with Crippen LogP contribution in [0.15, 0.2) is 73.1 Å². The molecule has 2 aromatic heterocycles. The summed E-state index contributed by atoms with van der Waals surface area (Å²) in [6.45, 7) is 0.460. The molecule has 1 amide bonds. The van der Waals surface area contributed by atoms with Gasteiger partial charge in [-0.3, -0.25) is 0 Å². The summed E-state index contributed by atoms with van der Waals surface area (Å²) in [6, 6.07) is 20.2. The molecule has 1 aliphatic rings. The van der Waals surface area contributed by atoms with Crippen molar-refractivity contribution in [2.24, 2.45) is 0 Å². The van der Waals surface area contributed by atoms with Gasteiger partial charge in [0.2, 0.25) is 0 Å². The number of carbonyl (C=O) groups excluding carboxylic acids is 1. The Morgan fingerprint density at radius 3 is 2.53 bits per heavy atom. The van der Waals surface area contributed by atoms with E-state index in [4.69, 9.17) is 4.74 Å². The molecule has 0 atom stereocenters. The number of carbonyl (C=O) groups is 1. The van der Waals surface area contributed by atoms with Gasteiger partial charge in [0.25, 0.3) is 0 Å². The lowest BCUT2D eigenvalue weighted by molar-refractivity contribution is 0.144. The van der Waals surface area contributed by atoms with Crippen molar-refractivity contribution >= 4 is 11.7 Å². The third-order valence-electron chi connectivity index (χ3n) is 5.16. The minimum Gasteiger partial charge on any atom is -0.449 e. The summed E-state index contributed by atoms with van der Waals surface area (Å²) in [5, 5.41) is 6.89. The number of fused-ring (bicyclic) bond motifs is 4. The highest BCUT2D eigenvalue weighted by Gasteiger charge is 2.28. The first-order chi connectivity index (χ1) is 14.8. The van der Waals surface area contributed by atoms with Crippen molar-refractivity contribution in [2.45, 2.75) is 5.92 Å². The molecule has 6 heteroatoms. The van der Waals surface area contributed by atoms with Crippen LogP contribution < -0.4 is 5.32 Å². The van der Waals surface area contributed by atoms with Crippen molar-refractivity contribution in [3.8, 4) is 23.0 Å². The van der Waals surface area contributed by atoms with Crippen molar-refractivity contribution in [3.63, 3.8) is 0 Å². The van der Waals surface area contributed by atoms with E-state index in [0.29, 0.717) is 5.69 Å². The summed E-state index contributed by atoms with van der Waals surface area (Å²) >= 11 is 0. The summed E-state index contributed by atoms with van der Waals surface area (Å²) in [5.41, 5.74) is 6.17. The number of imidazole rings is 1. The van der Waals surface area contributed by atoms with Gasteiger partial charge in [0.15, 0.2) is 5.65 Å². The predicted octanol–water partition coefficient (Wildman–Crippen LogP) is 3.62. The Bertz CT molecular complexity index is 1250. The monoisotopic (exact) mass is 394 g/mol. The summed E-state index contributed by atoms with van der Waals surface area (Å²) in [7, 11) is 0. The molecule has 0 saturated carbocycles. The molecule has 0 radical (unpaired) electrons. The molecule has 1 aliphatic carbocycles. The van der Waals surface area contributed by atoms with Gasteiger partial charge in [0, 0.05) is 12.1 Å². The van der Waals surface area contributed by atoms with Crippen molar-refractivity contribution in [1.82, 2.24) is 19.9 Å². The normalized spacial score (nSPS) is 12.0. The van der Waals surface area contributed by atoms with Crippen LogP contribution in [-0.2, 0) is 4.74 Å². The summed E-state index contributed by atoms with van der Waals surface area (Å²) in [6.07, 6.45) is 2.85. The van der Waals surface area contributed by atoms with E-state index in [1.807, 2.05) is 36.4 Å². The Kier molecular flexibility index (Phi) is 4.62. The van der Waals surface area contributed by atoms with Gasteiger partial charge in [0.05, 0.1) is 12.7 Å². The maximum absolute atomic E-state index is 12.2. The molecule has 2 heterocycles. The lowest BCUT2D eigenvalue weighted by Crippen LogP contribution is -2.26. The van der Waals surface area contributed by atoms with Crippen molar-refractivity contribution < 1.29 is 9.53 Å². The number of hydrogen-bond donors (Lipinski definition) is 1. The molecular weight excluding hydrogens is 376 g/mol. The quantitative estimate of drug-likeness (QED) is 0.539. The van der Waals surface area contributed by atoms with Gasteiger partial charge in [-0.05, 0) is 40.3 Å². The molecule has 0 spiro atoms. The van der Waals surface area contributed by atoms with Crippen LogP contribution in [0.4, 0.5) is 4.79 Å². The molecule has 0 saturated heterocycles. The van der Waals surface area contributed by atoms with Crippen molar-refractivity contribution in [3.05, 3.63) is 89.9 Å². The number of hydrogen-bond acceptors (Lipinski definition) is 4. The zero-order valence-electron chi connectivity index (χ0n) is 16.1. The van der Waals surface area contributed by atoms with Gasteiger partial charge in [-0.15, -0.1) is 0 Å². The summed E-state index contributed by atoms with van der Waals surface area (Å²) < 4.78 is 7.15. The molecule has 0 aliphatic heterocycles. The first kappa shape index (κ1) is 18.0. The van der Waals surface area contributed by atoms with Crippen LogP contribution in [0.2, 0.25) is 0 Å². The van der Waals surface area contributed by atoms with E-state index in [9.17, 15) is 4.79 Å². The lowest BCUT2D eigenvalue weighted by Gasteiger charge is -2.14. The van der Waals surface area contributed by atoms with E-state index in [-0.39, 0.29) is 19.1 Å². The third-order valence-corrected chi connectivity index (χ3v) is 5.16. The Balaban J connectivity index is 1.21.